The number of benzene rings is 1. The van der Waals surface area contributed by atoms with Crippen molar-refractivity contribution in [2.75, 3.05) is 11.1 Å². The van der Waals surface area contributed by atoms with Crippen molar-refractivity contribution in [3.05, 3.63) is 47.2 Å². The molecule has 3 rings (SSSR count). The van der Waals surface area contributed by atoms with Gasteiger partial charge in [0, 0.05) is 11.9 Å². The lowest BCUT2D eigenvalue weighted by Crippen LogP contribution is -2.08. The predicted molar refractivity (Wildman–Crippen MR) is 79.8 cm³/mol. The fourth-order valence-corrected chi connectivity index (χ4v) is 2.70. The van der Waals surface area contributed by atoms with E-state index in [4.69, 9.17) is 5.73 Å². The molecule has 1 aliphatic carbocycles. The van der Waals surface area contributed by atoms with Crippen molar-refractivity contribution in [2.45, 2.75) is 32.6 Å². The summed E-state index contributed by atoms with van der Waals surface area (Å²) in [7, 11) is 0. The minimum absolute atomic E-state index is 0.732. The van der Waals surface area contributed by atoms with Crippen LogP contribution in [0.25, 0.3) is 0 Å². The molecular weight excluding hydrogens is 234 g/mol. The second kappa shape index (κ2) is 4.92. The smallest absolute Gasteiger partial charge is 0.153 e. The van der Waals surface area contributed by atoms with Gasteiger partial charge in [0.2, 0.25) is 0 Å². The Balaban J connectivity index is 1.97. The van der Waals surface area contributed by atoms with Gasteiger partial charge in [-0.3, -0.25) is 0 Å². The van der Waals surface area contributed by atoms with Crippen LogP contribution in [0.3, 0.4) is 0 Å². The highest BCUT2D eigenvalue weighted by Crippen LogP contribution is 2.31. The fourth-order valence-electron chi connectivity index (χ4n) is 2.70. The number of nitrogens with zero attached hydrogens (tertiary/aromatic N) is 1. The summed E-state index contributed by atoms with van der Waals surface area (Å²) >= 11 is 0. The van der Waals surface area contributed by atoms with Gasteiger partial charge in [-0.05, 0) is 61.4 Å². The number of aromatic nitrogens is 1. The highest BCUT2D eigenvalue weighted by atomic mass is 15.0. The molecule has 1 heterocycles. The summed E-state index contributed by atoms with van der Waals surface area (Å²) in [5.41, 5.74) is 11.9. The maximum atomic E-state index is 6.08. The molecule has 1 aliphatic rings. The van der Waals surface area contributed by atoms with E-state index in [-0.39, 0.29) is 0 Å². The lowest BCUT2D eigenvalue weighted by atomic mass is 9.90. The summed E-state index contributed by atoms with van der Waals surface area (Å²) in [5, 5.41) is 3.41. The third-order valence-electron chi connectivity index (χ3n) is 3.86. The van der Waals surface area contributed by atoms with E-state index in [1.165, 1.54) is 30.4 Å². The van der Waals surface area contributed by atoms with Crippen molar-refractivity contribution in [3.8, 4) is 0 Å². The molecule has 0 bridgehead atoms. The van der Waals surface area contributed by atoms with E-state index in [2.05, 4.69) is 28.5 Å². The molecule has 0 spiro atoms. The highest BCUT2D eigenvalue weighted by molar-refractivity contribution is 5.73. The van der Waals surface area contributed by atoms with Crippen LogP contribution in [-0.4, -0.2) is 4.98 Å². The molecule has 3 heteroatoms. The lowest BCUT2D eigenvalue weighted by molar-refractivity contribution is 0.687. The summed E-state index contributed by atoms with van der Waals surface area (Å²) in [6.07, 6.45) is 6.68. The minimum Gasteiger partial charge on any atom is -0.396 e. The number of fused-ring (bicyclic) bond motifs is 1. The zero-order valence-corrected chi connectivity index (χ0v) is 11.2. The Hall–Kier alpha value is -2.03. The monoisotopic (exact) mass is 253 g/mol. The van der Waals surface area contributed by atoms with E-state index < -0.39 is 0 Å². The Kier molecular flexibility index (Phi) is 3.11. The Morgan fingerprint density at radius 3 is 2.89 bits per heavy atom. The number of aryl methyl sites for hydroxylation is 2. The van der Waals surface area contributed by atoms with Crippen LogP contribution in [0.1, 0.15) is 29.5 Å². The Morgan fingerprint density at radius 1 is 1.16 bits per heavy atom. The largest absolute Gasteiger partial charge is 0.396 e. The second-order valence-electron chi connectivity index (χ2n) is 5.17. The second-order valence-corrected chi connectivity index (χ2v) is 5.17. The molecule has 1 aromatic carbocycles. The van der Waals surface area contributed by atoms with E-state index in [0.717, 1.165) is 29.2 Å². The third kappa shape index (κ3) is 2.28. The first kappa shape index (κ1) is 12.0. The molecule has 0 radical (unpaired) electrons. The van der Waals surface area contributed by atoms with Crippen LogP contribution in [0, 0.1) is 6.92 Å². The molecule has 1 aromatic heterocycles. The van der Waals surface area contributed by atoms with Crippen LogP contribution >= 0.6 is 0 Å². The summed E-state index contributed by atoms with van der Waals surface area (Å²) in [6.45, 7) is 2.00. The van der Waals surface area contributed by atoms with Crippen LogP contribution in [0.4, 0.5) is 17.2 Å². The molecule has 0 aliphatic heterocycles. The quantitative estimate of drug-likeness (QED) is 0.859. The summed E-state index contributed by atoms with van der Waals surface area (Å²) in [6, 6.07) is 8.39. The predicted octanol–water partition coefficient (Wildman–Crippen LogP) is 3.59. The fraction of sp³-hybridized carbons (Fsp3) is 0.312. The van der Waals surface area contributed by atoms with Gasteiger partial charge in [0.25, 0.3) is 0 Å². The number of nitrogen functional groups attached to an aromatic ring is 1. The average molecular weight is 253 g/mol. The Labute approximate surface area is 113 Å². The van der Waals surface area contributed by atoms with Crippen molar-refractivity contribution in [1.29, 1.82) is 0 Å². The maximum Gasteiger partial charge on any atom is 0.153 e. The number of pyridine rings is 1. The van der Waals surface area contributed by atoms with Crippen LogP contribution in [0.5, 0.6) is 0 Å². The van der Waals surface area contributed by atoms with Crippen molar-refractivity contribution in [2.24, 2.45) is 0 Å². The molecule has 3 nitrogen and oxygen atoms in total. The van der Waals surface area contributed by atoms with Gasteiger partial charge in [0.1, 0.15) is 0 Å². The number of nitrogens with one attached hydrogen (secondary N) is 1. The van der Waals surface area contributed by atoms with Gasteiger partial charge in [-0.15, -0.1) is 0 Å². The van der Waals surface area contributed by atoms with E-state index in [1.807, 2.05) is 13.0 Å². The topological polar surface area (TPSA) is 50.9 Å². The molecule has 3 N–H and O–H groups in total. The lowest BCUT2D eigenvalue weighted by Gasteiger charge is -2.20. The number of nitrogens with two attached hydrogens (primary N) is 1. The van der Waals surface area contributed by atoms with Gasteiger partial charge in [-0.1, -0.05) is 12.1 Å². The molecule has 0 saturated heterocycles. The van der Waals surface area contributed by atoms with Crippen molar-refractivity contribution >= 4 is 17.2 Å². The SMILES string of the molecule is Cc1ccnc(Nc2cccc3c2CCCC3)c1N. The number of anilines is 3. The normalized spacial score (nSPS) is 13.9. The Morgan fingerprint density at radius 2 is 2.00 bits per heavy atom. The standard InChI is InChI=1S/C16H19N3/c1-11-9-10-18-16(15(11)17)19-14-8-4-6-12-5-2-3-7-13(12)14/h4,6,8-10H,2-3,5,7,17H2,1H3,(H,18,19). The summed E-state index contributed by atoms with van der Waals surface area (Å²) in [4.78, 5) is 4.35. The van der Waals surface area contributed by atoms with E-state index >= 15 is 0 Å². The van der Waals surface area contributed by atoms with E-state index in [9.17, 15) is 0 Å². The average Bonchev–Trinajstić information content (AvgIpc) is 2.44. The first-order valence-electron chi connectivity index (χ1n) is 6.84. The molecular formula is C16H19N3. The molecule has 2 aromatic rings. The van der Waals surface area contributed by atoms with Crippen LogP contribution in [-0.2, 0) is 12.8 Å². The van der Waals surface area contributed by atoms with Crippen LogP contribution in [0.2, 0.25) is 0 Å². The van der Waals surface area contributed by atoms with E-state index in [0.29, 0.717) is 0 Å². The minimum atomic E-state index is 0.732. The van der Waals surface area contributed by atoms with Gasteiger partial charge in [-0.25, -0.2) is 4.98 Å². The van der Waals surface area contributed by atoms with Gasteiger partial charge in [0.15, 0.2) is 5.82 Å². The molecule has 0 saturated carbocycles. The van der Waals surface area contributed by atoms with Crippen LogP contribution in [0.15, 0.2) is 30.5 Å². The molecule has 19 heavy (non-hydrogen) atoms. The number of hydrogen-bond donors (Lipinski definition) is 2. The van der Waals surface area contributed by atoms with Crippen LogP contribution < -0.4 is 11.1 Å². The number of hydrogen-bond acceptors (Lipinski definition) is 3. The maximum absolute atomic E-state index is 6.08. The summed E-state index contributed by atoms with van der Waals surface area (Å²) < 4.78 is 0. The van der Waals surface area contributed by atoms with Crippen molar-refractivity contribution < 1.29 is 0 Å². The molecule has 98 valence electrons. The number of rotatable bonds is 2. The first-order valence-corrected chi connectivity index (χ1v) is 6.84. The third-order valence-corrected chi connectivity index (χ3v) is 3.86. The zero-order chi connectivity index (χ0) is 13.2. The molecule has 0 unspecified atom stereocenters. The molecule has 0 fully saturated rings. The van der Waals surface area contributed by atoms with Crippen molar-refractivity contribution in [3.63, 3.8) is 0 Å². The first-order chi connectivity index (χ1) is 9.25. The molecule has 0 atom stereocenters. The van der Waals surface area contributed by atoms with Gasteiger partial charge in [-0.2, -0.15) is 0 Å². The molecule has 0 amide bonds. The summed E-state index contributed by atoms with van der Waals surface area (Å²) in [5.74, 6) is 0.763. The van der Waals surface area contributed by atoms with Gasteiger partial charge >= 0.3 is 0 Å². The van der Waals surface area contributed by atoms with E-state index in [1.54, 1.807) is 6.20 Å². The highest BCUT2D eigenvalue weighted by Gasteiger charge is 2.14. The van der Waals surface area contributed by atoms with Gasteiger partial charge in [0.05, 0.1) is 5.69 Å². The zero-order valence-electron chi connectivity index (χ0n) is 11.2. The Bertz CT molecular complexity index is 605. The van der Waals surface area contributed by atoms with Gasteiger partial charge < -0.3 is 11.1 Å². The van der Waals surface area contributed by atoms with Crippen molar-refractivity contribution in [1.82, 2.24) is 4.98 Å².